The molecule has 0 aromatic heterocycles. The lowest BCUT2D eigenvalue weighted by atomic mass is 9.86. The number of hydrogen-bond donors (Lipinski definition) is 0. The van der Waals surface area contributed by atoms with Gasteiger partial charge in [0.05, 0.1) is 12.6 Å². The average Bonchev–Trinajstić information content (AvgIpc) is 2.67. The second-order valence-electron chi connectivity index (χ2n) is 8.67. The van der Waals surface area contributed by atoms with Crippen LogP contribution in [0.5, 0.6) is 11.5 Å². The van der Waals surface area contributed by atoms with Gasteiger partial charge in [-0.25, -0.2) is 4.39 Å². The highest BCUT2D eigenvalue weighted by Gasteiger charge is 2.29. The van der Waals surface area contributed by atoms with Crippen LogP contribution in [0.25, 0.3) is 11.1 Å². The van der Waals surface area contributed by atoms with Crippen LogP contribution < -0.4 is 14.6 Å². The minimum atomic E-state index is -1.32. The monoisotopic (exact) mass is 427 g/mol. The lowest BCUT2D eigenvalue weighted by molar-refractivity contribution is -0.297. The van der Waals surface area contributed by atoms with E-state index in [1.807, 2.05) is 32.9 Å². The Bertz CT molecular complexity index is 962. The van der Waals surface area contributed by atoms with E-state index < -0.39 is 17.4 Å². The highest BCUT2D eigenvalue weighted by atomic mass is 19.1. The van der Waals surface area contributed by atoms with Crippen LogP contribution in [0, 0.1) is 5.92 Å². The summed E-state index contributed by atoms with van der Waals surface area (Å²) in [4.78, 5) is 10.7. The van der Waals surface area contributed by atoms with E-state index in [0.29, 0.717) is 29.1 Å². The minimum Gasteiger partial charge on any atom is -0.545 e. The first-order valence-electron chi connectivity index (χ1n) is 10.6. The zero-order chi connectivity index (χ0) is 23.3. The molecule has 4 nitrogen and oxygen atoms in total. The lowest BCUT2D eigenvalue weighted by Crippen LogP contribution is -2.30. The molecular formula is C26H32FO4-. The maximum atomic E-state index is 15.0. The Labute approximate surface area is 184 Å². The molecule has 0 saturated heterocycles. The molecule has 5 heteroatoms. The molecule has 1 aliphatic rings. The van der Waals surface area contributed by atoms with Crippen molar-refractivity contribution in [2.45, 2.75) is 60.5 Å². The molecule has 0 bridgehead atoms. The smallest absolute Gasteiger partial charge is 0.131 e. The number of halogens is 1. The van der Waals surface area contributed by atoms with E-state index in [1.165, 1.54) is 12.2 Å². The molecule has 0 saturated carbocycles. The summed E-state index contributed by atoms with van der Waals surface area (Å²) >= 11 is 0. The van der Waals surface area contributed by atoms with Gasteiger partial charge < -0.3 is 19.4 Å². The van der Waals surface area contributed by atoms with E-state index in [0.717, 1.165) is 29.4 Å². The molecule has 2 rings (SSSR count). The minimum absolute atomic E-state index is 0.267. The third-order valence-corrected chi connectivity index (χ3v) is 4.95. The normalized spacial score (nSPS) is 16.5. The fourth-order valence-corrected chi connectivity index (χ4v) is 3.43. The standard InChI is InChI=1S/C26H33FO4/c1-8-11-30-23-14-24-20(21(16(2)3)15-26(6,7)31-24)13-19(23)18(5)22(27)10-9-17(4)12-25(28)29/h9-10,12-16H,8,11H2,1-7H3,(H,28,29)/p-1. The Morgan fingerprint density at radius 3 is 2.52 bits per heavy atom. The summed E-state index contributed by atoms with van der Waals surface area (Å²) in [5, 5.41) is 10.7. The Kier molecular flexibility index (Phi) is 7.88. The molecule has 1 heterocycles. The Morgan fingerprint density at radius 1 is 1.26 bits per heavy atom. The number of rotatable bonds is 8. The summed E-state index contributed by atoms with van der Waals surface area (Å²) in [6.07, 6.45) is 6.52. The van der Waals surface area contributed by atoms with Crippen molar-refractivity contribution in [3.8, 4) is 11.5 Å². The Hall–Kier alpha value is -2.82. The number of carboxylic acid groups (broad SMARTS) is 1. The lowest BCUT2D eigenvalue weighted by Gasteiger charge is -2.33. The van der Waals surface area contributed by atoms with Gasteiger partial charge in [0.15, 0.2) is 0 Å². The van der Waals surface area contributed by atoms with Crippen molar-refractivity contribution in [1.29, 1.82) is 0 Å². The van der Waals surface area contributed by atoms with Crippen molar-refractivity contribution in [2.75, 3.05) is 6.61 Å². The van der Waals surface area contributed by atoms with E-state index >= 15 is 0 Å². The van der Waals surface area contributed by atoms with E-state index in [1.54, 1.807) is 13.8 Å². The maximum Gasteiger partial charge on any atom is 0.131 e. The Balaban J connectivity index is 2.61. The van der Waals surface area contributed by atoms with E-state index in [2.05, 4.69) is 19.9 Å². The maximum absolute atomic E-state index is 15.0. The van der Waals surface area contributed by atoms with Crippen molar-refractivity contribution in [1.82, 2.24) is 0 Å². The third-order valence-electron chi connectivity index (χ3n) is 4.95. The van der Waals surface area contributed by atoms with Crippen LogP contribution in [0.4, 0.5) is 4.39 Å². The average molecular weight is 428 g/mol. The number of aliphatic carboxylic acids is 1. The van der Waals surface area contributed by atoms with Gasteiger partial charge >= 0.3 is 0 Å². The molecule has 168 valence electrons. The number of benzene rings is 1. The fraction of sp³-hybridized carbons (Fsp3) is 0.423. The van der Waals surface area contributed by atoms with Crippen LogP contribution >= 0.6 is 0 Å². The molecule has 0 atom stereocenters. The summed E-state index contributed by atoms with van der Waals surface area (Å²) in [6, 6.07) is 3.77. The third kappa shape index (κ3) is 6.33. The largest absolute Gasteiger partial charge is 0.545 e. The molecule has 31 heavy (non-hydrogen) atoms. The number of carbonyl (C=O) groups is 1. The number of ether oxygens (including phenoxy) is 2. The van der Waals surface area contributed by atoms with Gasteiger partial charge in [-0.05, 0) is 81.0 Å². The van der Waals surface area contributed by atoms with Gasteiger partial charge in [-0.1, -0.05) is 26.8 Å². The number of allylic oxidation sites excluding steroid dienone is 6. The van der Waals surface area contributed by atoms with Crippen LogP contribution in [-0.2, 0) is 4.79 Å². The highest BCUT2D eigenvalue weighted by molar-refractivity contribution is 5.82. The van der Waals surface area contributed by atoms with E-state index in [4.69, 9.17) is 9.47 Å². The van der Waals surface area contributed by atoms with Gasteiger partial charge in [0, 0.05) is 17.2 Å². The molecule has 0 spiro atoms. The van der Waals surface area contributed by atoms with Crippen molar-refractivity contribution in [3.63, 3.8) is 0 Å². The van der Waals surface area contributed by atoms with E-state index in [9.17, 15) is 14.3 Å². The summed E-state index contributed by atoms with van der Waals surface area (Å²) in [6.45, 7) is 14.0. The van der Waals surface area contributed by atoms with Crippen molar-refractivity contribution in [2.24, 2.45) is 5.92 Å². The van der Waals surface area contributed by atoms with Crippen LogP contribution in [0.1, 0.15) is 66.0 Å². The predicted molar refractivity (Wildman–Crippen MR) is 121 cm³/mol. The second-order valence-corrected chi connectivity index (χ2v) is 8.67. The summed E-state index contributed by atoms with van der Waals surface area (Å²) < 4.78 is 27.1. The first-order chi connectivity index (χ1) is 14.4. The number of hydrogen-bond acceptors (Lipinski definition) is 4. The quantitative estimate of drug-likeness (QED) is 0.398. The highest BCUT2D eigenvalue weighted by Crippen LogP contribution is 2.44. The number of carbonyl (C=O) groups excluding carboxylic acids is 1. The molecule has 1 aromatic rings. The summed E-state index contributed by atoms with van der Waals surface area (Å²) in [7, 11) is 0. The number of fused-ring (bicyclic) bond motifs is 1. The SMILES string of the molecule is CCCOc1cc2c(cc1C(C)=C(F)C=CC(C)=CC(=O)[O-])C(C(C)C)=CC(C)(C)O2. The van der Waals surface area contributed by atoms with Gasteiger partial charge in [-0.2, -0.15) is 0 Å². The molecule has 0 N–H and O–H groups in total. The molecule has 0 aliphatic carbocycles. The van der Waals surface area contributed by atoms with Crippen molar-refractivity contribution in [3.05, 3.63) is 59.0 Å². The van der Waals surface area contributed by atoms with Gasteiger partial charge in [0.1, 0.15) is 22.9 Å². The predicted octanol–water partition coefficient (Wildman–Crippen LogP) is 5.64. The Morgan fingerprint density at radius 2 is 1.94 bits per heavy atom. The van der Waals surface area contributed by atoms with Gasteiger partial charge in [-0.3, -0.25) is 0 Å². The molecule has 1 aromatic carbocycles. The topological polar surface area (TPSA) is 58.6 Å². The van der Waals surface area contributed by atoms with Crippen molar-refractivity contribution < 1.29 is 23.8 Å². The summed E-state index contributed by atoms with van der Waals surface area (Å²) in [5.41, 5.74) is 3.06. The van der Waals surface area contributed by atoms with Gasteiger partial charge in [-0.15, -0.1) is 0 Å². The number of carboxylic acids is 1. The molecule has 0 radical (unpaired) electrons. The first kappa shape index (κ1) is 24.4. The molecule has 0 amide bonds. The first-order valence-corrected chi connectivity index (χ1v) is 10.6. The van der Waals surface area contributed by atoms with Crippen LogP contribution in [0.3, 0.4) is 0 Å². The van der Waals surface area contributed by atoms with Gasteiger partial charge in [0.25, 0.3) is 0 Å². The zero-order valence-corrected chi connectivity index (χ0v) is 19.5. The fourth-order valence-electron chi connectivity index (χ4n) is 3.43. The zero-order valence-electron chi connectivity index (χ0n) is 19.5. The van der Waals surface area contributed by atoms with Crippen LogP contribution in [0.2, 0.25) is 0 Å². The summed E-state index contributed by atoms with van der Waals surface area (Å²) in [5.74, 6) is -0.237. The van der Waals surface area contributed by atoms with Gasteiger partial charge in [0.2, 0.25) is 0 Å². The van der Waals surface area contributed by atoms with Crippen LogP contribution in [-0.4, -0.2) is 18.2 Å². The van der Waals surface area contributed by atoms with Crippen molar-refractivity contribution >= 4 is 17.1 Å². The molecule has 1 aliphatic heterocycles. The van der Waals surface area contributed by atoms with E-state index in [-0.39, 0.29) is 5.92 Å². The molecule has 0 unspecified atom stereocenters. The van der Waals surface area contributed by atoms with Crippen LogP contribution in [0.15, 0.2) is 47.8 Å². The molecule has 0 fully saturated rings. The second kappa shape index (κ2) is 9.99. The molecular weight excluding hydrogens is 395 g/mol.